The monoisotopic (exact) mass is 222 g/mol. The van der Waals surface area contributed by atoms with E-state index in [-0.39, 0.29) is 24.8 Å². The predicted molar refractivity (Wildman–Crippen MR) is 47.8 cm³/mol. The zero-order valence-electron chi connectivity index (χ0n) is 8.54. The Morgan fingerprint density at radius 3 is 2.33 bits per heavy atom. The lowest BCUT2D eigenvalue weighted by molar-refractivity contribution is -0.147. The molecule has 0 spiro atoms. The topological polar surface area (TPSA) is 56.7 Å². The molecule has 0 amide bonds. The Bertz CT molecular complexity index is 329. The zero-order valence-corrected chi connectivity index (χ0v) is 8.54. The van der Waals surface area contributed by atoms with Crippen molar-refractivity contribution in [3.05, 3.63) is 11.6 Å². The smallest absolute Gasteiger partial charge is 0.324 e. The molecule has 0 atom stereocenters. The van der Waals surface area contributed by atoms with Gasteiger partial charge in [0.2, 0.25) is 5.82 Å². The third-order valence-electron chi connectivity index (χ3n) is 1.81. The molecule has 1 aromatic rings. The summed E-state index contributed by atoms with van der Waals surface area (Å²) in [6.07, 6.45) is -4.48. The normalized spacial score (nSPS) is 12.5. The van der Waals surface area contributed by atoms with Crippen LogP contribution in [0.2, 0.25) is 0 Å². The van der Waals surface area contributed by atoms with Gasteiger partial charge >= 0.3 is 6.18 Å². The Kier molecular flexibility index (Phi) is 3.33. The predicted octanol–water partition coefficient (Wildman–Crippen LogP) is 1.41. The number of nitrogens with zero attached hydrogens (tertiary/aromatic N) is 3. The van der Waals surface area contributed by atoms with Gasteiger partial charge in [-0.1, -0.05) is 13.8 Å². The number of alkyl halides is 3. The average Bonchev–Trinajstić information content (AvgIpc) is 2.45. The molecule has 86 valence electrons. The van der Waals surface area contributed by atoms with Gasteiger partial charge in [0.1, 0.15) is 5.82 Å². The zero-order chi connectivity index (χ0) is 11.6. The van der Waals surface area contributed by atoms with E-state index in [4.69, 9.17) is 5.73 Å². The fourth-order valence-electron chi connectivity index (χ4n) is 1.25. The summed E-state index contributed by atoms with van der Waals surface area (Å²) in [5.41, 5.74) is 5.29. The summed E-state index contributed by atoms with van der Waals surface area (Å²) < 4.78 is 38.5. The maximum Gasteiger partial charge on any atom is 0.451 e. The standard InChI is InChI=1S/C8H13F3N4/c1-5(2)4-15-6(3-12)13-14-7(15)8(9,10)11/h5H,3-4,12H2,1-2H3. The number of halogens is 3. The van der Waals surface area contributed by atoms with Crippen LogP contribution in [-0.4, -0.2) is 14.8 Å². The summed E-state index contributed by atoms with van der Waals surface area (Å²) in [4.78, 5) is 0. The van der Waals surface area contributed by atoms with Gasteiger partial charge in [-0.3, -0.25) is 0 Å². The van der Waals surface area contributed by atoms with Crippen LogP contribution in [0.3, 0.4) is 0 Å². The summed E-state index contributed by atoms with van der Waals surface area (Å²) in [7, 11) is 0. The second kappa shape index (κ2) is 4.18. The lowest BCUT2D eigenvalue weighted by Crippen LogP contribution is -2.20. The van der Waals surface area contributed by atoms with E-state index in [1.807, 2.05) is 13.8 Å². The second-order valence-electron chi connectivity index (χ2n) is 3.65. The van der Waals surface area contributed by atoms with Crippen molar-refractivity contribution in [3.8, 4) is 0 Å². The molecule has 0 aromatic carbocycles. The molecule has 0 saturated carbocycles. The minimum atomic E-state index is -4.48. The molecule has 0 bridgehead atoms. The third-order valence-corrected chi connectivity index (χ3v) is 1.81. The average molecular weight is 222 g/mol. The molecule has 15 heavy (non-hydrogen) atoms. The molecule has 0 aliphatic heterocycles. The van der Waals surface area contributed by atoms with Gasteiger partial charge in [-0.25, -0.2) is 0 Å². The highest BCUT2D eigenvalue weighted by Gasteiger charge is 2.38. The largest absolute Gasteiger partial charge is 0.451 e. The molecule has 0 saturated heterocycles. The molecule has 4 nitrogen and oxygen atoms in total. The number of hydrogen-bond donors (Lipinski definition) is 1. The summed E-state index contributed by atoms with van der Waals surface area (Å²) in [5.74, 6) is -0.736. The third kappa shape index (κ3) is 2.68. The number of nitrogens with two attached hydrogens (primary N) is 1. The summed E-state index contributed by atoms with van der Waals surface area (Å²) in [6, 6.07) is 0. The summed E-state index contributed by atoms with van der Waals surface area (Å²) >= 11 is 0. The minimum Gasteiger partial charge on any atom is -0.324 e. The summed E-state index contributed by atoms with van der Waals surface area (Å²) in [5, 5.41) is 6.54. The highest BCUT2D eigenvalue weighted by molar-refractivity contribution is 4.99. The van der Waals surface area contributed by atoms with Gasteiger partial charge in [-0.2, -0.15) is 13.2 Å². The first-order chi connectivity index (χ1) is 6.86. The van der Waals surface area contributed by atoms with Crippen LogP contribution < -0.4 is 5.73 Å². The van der Waals surface area contributed by atoms with Gasteiger partial charge in [0.25, 0.3) is 0 Å². The Morgan fingerprint density at radius 1 is 1.33 bits per heavy atom. The molecular formula is C8H13F3N4. The van der Waals surface area contributed by atoms with Crippen molar-refractivity contribution in [1.82, 2.24) is 14.8 Å². The van der Waals surface area contributed by atoms with Gasteiger partial charge in [-0.05, 0) is 5.92 Å². The van der Waals surface area contributed by atoms with E-state index in [9.17, 15) is 13.2 Å². The van der Waals surface area contributed by atoms with Crippen LogP contribution in [0.25, 0.3) is 0 Å². The summed E-state index contributed by atoms with van der Waals surface area (Å²) in [6.45, 7) is 3.81. The van der Waals surface area contributed by atoms with Crippen LogP contribution in [0, 0.1) is 5.92 Å². The maximum atomic E-state index is 12.5. The fourth-order valence-corrected chi connectivity index (χ4v) is 1.25. The first kappa shape index (κ1) is 12.0. The van der Waals surface area contributed by atoms with E-state index in [0.29, 0.717) is 0 Å². The molecule has 1 heterocycles. The molecular weight excluding hydrogens is 209 g/mol. The first-order valence-electron chi connectivity index (χ1n) is 4.55. The van der Waals surface area contributed by atoms with Crippen molar-refractivity contribution in [2.75, 3.05) is 0 Å². The van der Waals surface area contributed by atoms with Gasteiger partial charge in [0.15, 0.2) is 0 Å². The van der Waals surface area contributed by atoms with E-state index in [1.54, 1.807) is 0 Å². The van der Waals surface area contributed by atoms with Crippen molar-refractivity contribution >= 4 is 0 Å². The highest BCUT2D eigenvalue weighted by Crippen LogP contribution is 2.28. The fraction of sp³-hybridized carbons (Fsp3) is 0.750. The van der Waals surface area contributed by atoms with E-state index in [1.165, 1.54) is 0 Å². The maximum absolute atomic E-state index is 12.5. The van der Waals surface area contributed by atoms with Gasteiger partial charge in [0, 0.05) is 6.54 Å². The molecule has 0 fully saturated rings. The van der Waals surface area contributed by atoms with Crippen LogP contribution in [-0.2, 0) is 19.3 Å². The first-order valence-corrected chi connectivity index (χ1v) is 4.55. The minimum absolute atomic E-state index is 0.0458. The molecule has 0 unspecified atom stereocenters. The van der Waals surface area contributed by atoms with Gasteiger partial charge < -0.3 is 10.3 Å². The van der Waals surface area contributed by atoms with Crippen LogP contribution in [0.5, 0.6) is 0 Å². The number of aromatic nitrogens is 3. The Morgan fingerprint density at radius 2 is 1.93 bits per heavy atom. The Hall–Kier alpha value is -1.11. The second-order valence-corrected chi connectivity index (χ2v) is 3.65. The Labute approximate surface area is 85.3 Å². The van der Waals surface area contributed by atoms with Gasteiger partial charge in [0.05, 0.1) is 6.54 Å². The lowest BCUT2D eigenvalue weighted by Gasteiger charge is -2.13. The van der Waals surface area contributed by atoms with Crippen molar-refractivity contribution in [3.63, 3.8) is 0 Å². The lowest BCUT2D eigenvalue weighted by atomic mass is 10.2. The van der Waals surface area contributed by atoms with Gasteiger partial charge in [-0.15, -0.1) is 10.2 Å². The highest BCUT2D eigenvalue weighted by atomic mass is 19.4. The van der Waals surface area contributed by atoms with E-state index >= 15 is 0 Å². The molecule has 0 radical (unpaired) electrons. The van der Waals surface area contributed by atoms with E-state index < -0.39 is 12.0 Å². The molecule has 0 aliphatic rings. The molecule has 2 N–H and O–H groups in total. The van der Waals surface area contributed by atoms with Crippen molar-refractivity contribution in [2.45, 2.75) is 33.1 Å². The SMILES string of the molecule is CC(C)Cn1c(CN)nnc1C(F)(F)F. The molecule has 0 aliphatic carbocycles. The van der Waals surface area contributed by atoms with Crippen LogP contribution in [0.1, 0.15) is 25.5 Å². The van der Waals surface area contributed by atoms with Crippen molar-refractivity contribution in [1.29, 1.82) is 0 Å². The molecule has 7 heteroatoms. The van der Waals surface area contributed by atoms with Crippen LogP contribution in [0.15, 0.2) is 0 Å². The van der Waals surface area contributed by atoms with Crippen molar-refractivity contribution in [2.24, 2.45) is 11.7 Å². The quantitative estimate of drug-likeness (QED) is 0.841. The number of rotatable bonds is 3. The molecule has 1 rings (SSSR count). The van der Waals surface area contributed by atoms with E-state index in [2.05, 4.69) is 10.2 Å². The van der Waals surface area contributed by atoms with Crippen LogP contribution >= 0.6 is 0 Å². The number of hydrogen-bond acceptors (Lipinski definition) is 3. The van der Waals surface area contributed by atoms with Crippen molar-refractivity contribution < 1.29 is 13.2 Å². The van der Waals surface area contributed by atoms with E-state index in [0.717, 1.165) is 4.57 Å². The Balaban J connectivity index is 3.11. The van der Waals surface area contributed by atoms with Crippen LogP contribution in [0.4, 0.5) is 13.2 Å². The molecule has 1 aromatic heterocycles.